The number of hydrogen-bond acceptors (Lipinski definition) is 0. The van der Waals surface area contributed by atoms with Gasteiger partial charge in [-0.25, -0.2) is 0 Å². The molecule has 0 atom stereocenters. The lowest BCUT2D eigenvalue weighted by Crippen LogP contribution is -1.92. The first kappa shape index (κ1) is 9.08. The molecule has 0 bridgehead atoms. The number of benzene rings is 1. The predicted molar refractivity (Wildman–Crippen MR) is 57.6 cm³/mol. The molecule has 2 rings (SSSR count). The fourth-order valence-corrected chi connectivity index (χ4v) is 2.46. The van der Waals surface area contributed by atoms with E-state index < -0.39 is 0 Å². The molecular formula is C12H15Cl. The Morgan fingerprint density at radius 3 is 2.38 bits per heavy atom. The Morgan fingerprint density at radius 2 is 1.77 bits per heavy atom. The molecule has 0 saturated heterocycles. The molecule has 0 N–H and O–H groups in total. The van der Waals surface area contributed by atoms with Crippen molar-refractivity contribution < 1.29 is 0 Å². The summed E-state index contributed by atoms with van der Waals surface area (Å²) >= 11 is 6.20. The van der Waals surface area contributed by atoms with Gasteiger partial charge in [-0.05, 0) is 47.9 Å². The van der Waals surface area contributed by atoms with Crippen LogP contribution in [-0.2, 0) is 12.8 Å². The zero-order valence-corrected chi connectivity index (χ0v) is 8.99. The molecule has 0 unspecified atom stereocenters. The molecule has 0 aliphatic heterocycles. The lowest BCUT2D eigenvalue weighted by molar-refractivity contribution is 0.862. The first-order valence-electron chi connectivity index (χ1n) is 4.99. The van der Waals surface area contributed by atoms with Crippen molar-refractivity contribution in [3.8, 4) is 0 Å². The third kappa shape index (κ3) is 1.60. The minimum Gasteiger partial charge on any atom is -0.0840 e. The molecule has 0 heterocycles. The van der Waals surface area contributed by atoms with Gasteiger partial charge in [0, 0.05) is 5.02 Å². The van der Waals surface area contributed by atoms with Crippen molar-refractivity contribution in [2.24, 2.45) is 0 Å². The molecule has 0 radical (unpaired) electrons. The number of halogens is 1. The molecule has 0 saturated carbocycles. The number of rotatable bonds is 1. The van der Waals surface area contributed by atoms with E-state index in [1.807, 2.05) is 0 Å². The normalized spacial score (nSPS) is 15.1. The van der Waals surface area contributed by atoms with Crippen LogP contribution in [0.1, 0.15) is 42.9 Å². The van der Waals surface area contributed by atoms with Crippen LogP contribution >= 0.6 is 11.6 Å². The van der Waals surface area contributed by atoms with Crippen molar-refractivity contribution in [2.45, 2.75) is 39.0 Å². The van der Waals surface area contributed by atoms with Crippen LogP contribution < -0.4 is 0 Å². The molecule has 0 amide bonds. The highest BCUT2D eigenvalue weighted by Gasteiger charge is 2.14. The van der Waals surface area contributed by atoms with Crippen molar-refractivity contribution >= 4 is 11.6 Å². The van der Waals surface area contributed by atoms with Crippen LogP contribution in [0.3, 0.4) is 0 Å². The predicted octanol–water partition coefficient (Wildman–Crippen LogP) is 3.95. The van der Waals surface area contributed by atoms with Gasteiger partial charge in [-0.2, -0.15) is 0 Å². The van der Waals surface area contributed by atoms with Crippen LogP contribution in [-0.4, -0.2) is 0 Å². The van der Waals surface area contributed by atoms with Gasteiger partial charge in [-0.1, -0.05) is 31.5 Å². The van der Waals surface area contributed by atoms with Gasteiger partial charge in [0.15, 0.2) is 0 Å². The van der Waals surface area contributed by atoms with Gasteiger partial charge in [0.1, 0.15) is 0 Å². The van der Waals surface area contributed by atoms with Crippen molar-refractivity contribution in [1.82, 2.24) is 0 Å². The standard InChI is InChI=1S/C12H15Cl/c1-8(2)11-6-9-4-3-5-10(9)7-12(11)13/h6-8H,3-5H2,1-2H3. The molecule has 0 fully saturated rings. The molecule has 0 aromatic heterocycles. The Morgan fingerprint density at radius 1 is 1.15 bits per heavy atom. The second kappa shape index (κ2) is 3.34. The van der Waals surface area contributed by atoms with Crippen molar-refractivity contribution in [2.75, 3.05) is 0 Å². The fourth-order valence-electron chi connectivity index (χ4n) is 2.06. The minimum absolute atomic E-state index is 0.540. The number of hydrogen-bond donors (Lipinski definition) is 0. The molecule has 13 heavy (non-hydrogen) atoms. The summed E-state index contributed by atoms with van der Waals surface area (Å²) in [6, 6.07) is 4.47. The zero-order chi connectivity index (χ0) is 9.42. The highest BCUT2D eigenvalue weighted by Crippen LogP contribution is 2.31. The number of aryl methyl sites for hydroxylation is 2. The monoisotopic (exact) mass is 194 g/mol. The smallest absolute Gasteiger partial charge is 0.0443 e. The lowest BCUT2D eigenvalue weighted by Gasteiger charge is -2.10. The Kier molecular flexibility index (Phi) is 2.33. The molecule has 1 aliphatic rings. The minimum atomic E-state index is 0.540. The van der Waals surface area contributed by atoms with Gasteiger partial charge >= 0.3 is 0 Å². The van der Waals surface area contributed by atoms with Crippen molar-refractivity contribution in [3.05, 3.63) is 33.8 Å². The molecule has 70 valence electrons. The highest BCUT2D eigenvalue weighted by molar-refractivity contribution is 6.31. The van der Waals surface area contributed by atoms with Crippen LogP contribution in [0, 0.1) is 0 Å². The van der Waals surface area contributed by atoms with E-state index in [0.29, 0.717) is 5.92 Å². The maximum Gasteiger partial charge on any atom is 0.0443 e. The quantitative estimate of drug-likeness (QED) is 0.635. The topological polar surface area (TPSA) is 0 Å². The Balaban J connectivity index is 2.49. The van der Waals surface area contributed by atoms with E-state index >= 15 is 0 Å². The molecule has 1 aromatic carbocycles. The fraction of sp³-hybridized carbons (Fsp3) is 0.500. The highest BCUT2D eigenvalue weighted by atomic mass is 35.5. The largest absolute Gasteiger partial charge is 0.0840 e. The average Bonchev–Trinajstić information content (AvgIpc) is 2.48. The first-order valence-corrected chi connectivity index (χ1v) is 5.37. The second-order valence-corrected chi connectivity index (χ2v) is 4.56. The van der Waals surface area contributed by atoms with Gasteiger partial charge in [-0.15, -0.1) is 0 Å². The van der Waals surface area contributed by atoms with E-state index in [9.17, 15) is 0 Å². The van der Waals surface area contributed by atoms with Gasteiger partial charge in [0.2, 0.25) is 0 Å². The maximum atomic E-state index is 6.20. The van der Waals surface area contributed by atoms with Crippen LogP contribution in [0.15, 0.2) is 12.1 Å². The Hall–Kier alpha value is -0.490. The van der Waals surface area contributed by atoms with E-state index in [1.54, 1.807) is 0 Å². The second-order valence-electron chi connectivity index (χ2n) is 4.15. The van der Waals surface area contributed by atoms with E-state index in [4.69, 9.17) is 11.6 Å². The molecule has 0 spiro atoms. The average molecular weight is 195 g/mol. The molecule has 1 heteroatoms. The molecular weight excluding hydrogens is 180 g/mol. The summed E-state index contributed by atoms with van der Waals surface area (Å²) in [4.78, 5) is 0. The van der Waals surface area contributed by atoms with Gasteiger partial charge in [0.25, 0.3) is 0 Å². The third-order valence-electron chi connectivity index (χ3n) is 2.83. The molecule has 0 nitrogen and oxygen atoms in total. The summed E-state index contributed by atoms with van der Waals surface area (Å²) in [5, 5.41) is 0.954. The van der Waals surface area contributed by atoms with Crippen molar-refractivity contribution in [1.29, 1.82) is 0 Å². The van der Waals surface area contributed by atoms with Crippen LogP contribution in [0.5, 0.6) is 0 Å². The van der Waals surface area contributed by atoms with E-state index in [2.05, 4.69) is 26.0 Å². The third-order valence-corrected chi connectivity index (χ3v) is 3.16. The van der Waals surface area contributed by atoms with Crippen LogP contribution in [0.2, 0.25) is 5.02 Å². The summed E-state index contributed by atoms with van der Waals surface area (Å²) in [6.45, 7) is 4.39. The van der Waals surface area contributed by atoms with Crippen LogP contribution in [0.25, 0.3) is 0 Å². The zero-order valence-electron chi connectivity index (χ0n) is 8.23. The molecule has 1 aliphatic carbocycles. The summed E-state index contributed by atoms with van der Waals surface area (Å²) in [6.07, 6.45) is 3.76. The van der Waals surface area contributed by atoms with Gasteiger partial charge < -0.3 is 0 Å². The number of fused-ring (bicyclic) bond motifs is 1. The van der Waals surface area contributed by atoms with Gasteiger partial charge in [-0.3, -0.25) is 0 Å². The van der Waals surface area contributed by atoms with E-state index in [1.165, 1.54) is 36.0 Å². The van der Waals surface area contributed by atoms with E-state index in [-0.39, 0.29) is 0 Å². The van der Waals surface area contributed by atoms with Crippen LogP contribution in [0.4, 0.5) is 0 Å². The van der Waals surface area contributed by atoms with Crippen molar-refractivity contribution in [3.63, 3.8) is 0 Å². The summed E-state index contributed by atoms with van der Waals surface area (Å²) in [5.74, 6) is 0.540. The summed E-state index contributed by atoms with van der Waals surface area (Å²) in [5.41, 5.74) is 4.30. The van der Waals surface area contributed by atoms with E-state index in [0.717, 1.165) is 5.02 Å². The SMILES string of the molecule is CC(C)c1cc2c(cc1Cl)CCC2. The first-order chi connectivity index (χ1) is 6.18. The van der Waals surface area contributed by atoms with Gasteiger partial charge in [0.05, 0.1) is 0 Å². The lowest BCUT2D eigenvalue weighted by atomic mass is 9.98. The summed E-state index contributed by atoms with van der Waals surface area (Å²) in [7, 11) is 0. The Labute approximate surface area is 84.9 Å². The maximum absolute atomic E-state index is 6.20. The summed E-state index contributed by atoms with van der Waals surface area (Å²) < 4.78 is 0. The Bertz CT molecular complexity index is 326. The molecule has 1 aromatic rings.